The molecule has 2 aliphatic rings. The van der Waals surface area contributed by atoms with Crippen molar-refractivity contribution in [3.05, 3.63) is 70.1 Å². The third-order valence-electron chi connectivity index (χ3n) is 7.43. The summed E-state index contributed by atoms with van der Waals surface area (Å²) in [6.45, 7) is 6.97. The van der Waals surface area contributed by atoms with Crippen LogP contribution in [0, 0.1) is 11.8 Å². The van der Waals surface area contributed by atoms with Gasteiger partial charge < -0.3 is 20.3 Å². The number of fused-ring (bicyclic) bond motifs is 4. The topological polar surface area (TPSA) is 78.8 Å². The minimum Gasteiger partial charge on any atom is -0.481 e. The van der Waals surface area contributed by atoms with Gasteiger partial charge in [-0.25, -0.2) is 0 Å². The van der Waals surface area contributed by atoms with Gasteiger partial charge in [0.2, 0.25) is 0 Å². The van der Waals surface area contributed by atoms with Crippen molar-refractivity contribution in [2.75, 3.05) is 13.2 Å². The van der Waals surface area contributed by atoms with Crippen molar-refractivity contribution < 1.29 is 19.7 Å². The second kappa shape index (κ2) is 9.08. The molecule has 5 rings (SSSR count). The minimum absolute atomic E-state index is 0.121. The van der Waals surface area contributed by atoms with E-state index in [2.05, 4.69) is 54.9 Å². The van der Waals surface area contributed by atoms with E-state index in [0.717, 1.165) is 18.4 Å². The van der Waals surface area contributed by atoms with E-state index in [4.69, 9.17) is 4.74 Å². The van der Waals surface area contributed by atoms with Crippen LogP contribution in [0.1, 0.15) is 55.0 Å². The Morgan fingerprint density at radius 2 is 2.09 bits per heavy atom. The van der Waals surface area contributed by atoms with Crippen LogP contribution in [-0.4, -0.2) is 41.0 Å². The number of nitrogens with one attached hydrogen (secondary N) is 1. The van der Waals surface area contributed by atoms with Crippen molar-refractivity contribution in [3.63, 3.8) is 0 Å². The maximum Gasteiger partial charge on any atom is 0.307 e. The molecule has 5 atom stereocenters. The van der Waals surface area contributed by atoms with Gasteiger partial charge in [0.05, 0.1) is 24.7 Å². The van der Waals surface area contributed by atoms with Crippen LogP contribution in [-0.2, 0) is 22.4 Å². The fourth-order valence-corrected chi connectivity index (χ4v) is 6.45. The van der Waals surface area contributed by atoms with Gasteiger partial charge in [-0.15, -0.1) is 11.3 Å². The van der Waals surface area contributed by atoms with Crippen LogP contribution in [0.5, 0.6) is 0 Å². The molecule has 0 radical (unpaired) electrons. The molecule has 1 heterocycles. The molecule has 1 fully saturated rings. The van der Waals surface area contributed by atoms with Gasteiger partial charge in [0, 0.05) is 22.7 Å². The number of aliphatic hydroxyl groups is 1. The van der Waals surface area contributed by atoms with Crippen molar-refractivity contribution in [1.29, 1.82) is 0 Å². The van der Waals surface area contributed by atoms with Crippen LogP contribution < -0.4 is 5.32 Å². The molecular formula is C28H33NO4S. The van der Waals surface area contributed by atoms with Gasteiger partial charge in [-0.1, -0.05) is 30.3 Å². The number of aliphatic carboxylic acids is 1. The van der Waals surface area contributed by atoms with Crippen LogP contribution in [0.4, 0.5) is 0 Å². The summed E-state index contributed by atoms with van der Waals surface area (Å²) < 4.78 is 7.37. The maximum atomic E-state index is 11.5. The SMILES string of the molecule is C[C@@H](OCC(O)CNC(C)(C)Cc1ccc2sccc2c1)c1cccc2c1[C@@H]1[C@H](C2)[C@H]1C(=O)O. The van der Waals surface area contributed by atoms with E-state index in [1.165, 1.54) is 26.8 Å². The van der Waals surface area contributed by atoms with E-state index in [0.29, 0.717) is 6.54 Å². The van der Waals surface area contributed by atoms with Gasteiger partial charge in [-0.05, 0) is 84.7 Å². The number of carboxylic acid groups (broad SMARTS) is 1. The van der Waals surface area contributed by atoms with Crippen LogP contribution in [0.25, 0.3) is 10.1 Å². The molecule has 0 spiro atoms. The average molecular weight is 480 g/mol. The summed E-state index contributed by atoms with van der Waals surface area (Å²) >= 11 is 1.76. The van der Waals surface area contributed by atoms with Crippen LogP contribution in [0.2, 0.25) is 0 Å². The van der Waals surface area contributed by atoms with Gasteiger partial charge in [-0.2, -0.15) is 0 Å². The Hall–Kier alpha value is -2.25. The fraction of sp³-hybridized carbons (Fsp3) is 0.464. The molecule has 34 heavy (non-hydrogen) atoms. The van der Waals surface area contributed by atoms with Crippen molar-refractivity contribution in [1.82, 2.24) is 5.32 Å². The Balaban J connectivity index is 1.14. The van der Waals surface area contributed by atoms with E-state index < -0.39 is 12.1 Å². The molecule has 0 aliphatic heterocycles. The molecule has 2 aliphatic carbocycles. The maximum absolute atomic E-state index is 11.5. The number of benzene rings is 2. The highest BCUT2D eigenvalue weighted by Crippen LogP contribution is 2.62. The Morgan fingerprint density at radius 1 is 1.26 bits per heavy atom. The monoisotopic (exact) mass is 479 g/mol. The van der Waals surface area contributed by atoms with Gasteiger partial charge in [0.1, 0.15) is 0 Å². The Kier molecular flexibility index (Phi) is 6.27. The lowest BCUT2D eigenvalue weighted by Crippen LogP contribution is -2.46. The summed E-state index contributed by atoms with van der Waals surface area (Å²) in [5.41, 5.74) is 4.61. The summed E-state index contributed by atoms with van der Waals surface area (Å²) in [5, 5.41) is 27.0. The van der Waals surface area contributed by atoms with Crippen molar-refractivity contribution in [2.45, 2.75) is 57.3 Å². The largest absolute Gasteiger partial charge is 0.481 e. The zero-order valence-electron chi connectivity index (χ0n) is 20.0. The summed E-state index contributed by atoms with van der Waals surface area (Å²) in [4.78, 5) is 11.5. The Morgan fingerprint density at radius 3 is 2.88 bits per heavy atom. The zero-order valence-corrected chi connectivity index (χ0v) is 20.8. The highest BCUT2D eigenvalue weighted by atomic mass is 32.1. The minimum atomic E-state index is -0.691. The molecule has 5 nitrogen and oxygen atoms in total. The number of ether oxygens (including phenoxy) is 1. The van der Waals surface area contributed by atoms with Crippen LogP contribution >= 0.6 is 11.3 Å². The first-order chi connectivity index (χ1) is 16.2. The highest BCUT2D eigenvalue weighted by molar-refractivity contribution is 7.17. The number of hydrogen-bond donors (Lipinski definition) is 3. The smallest absolute Gasteiger partial charge is 0.307 e. The molecule has 0 saturated heterocycles. The predicted octanol–water partition coefficient (Wildman–Crippen LogP) is 4.92. The molecular weight excluding hydrogens is 446 g/mol. The lowest BCUT2D eigenvalue weighted by molar-refractivity contribution is -0.139. The summed E-state index contributed by atoms with van der Waals surface area (Å²) in [7, 11) is 0. The van der Waals surface area contributed by atoms with Gasteiger partial charge in [0.25, 0.3) is 0 Å². The summed E-state index contributed by atoms with van der Waals surface area (Å²) in [6.07, 6.45) is 0.895. The standard InChI is InChI=1S/C28H33NO4S/c1-16(21-6-4-5-19-12-22-25(24(19)21)26(22)27(31)32)33-15-20(30)14-29-28(2,3)13-17-7-8-23-18(11-17)9-10-34-23/h4-11,16,20,22,25-26,29-30H,12-15H2,1-3H3,(H,31,32)/t16-,20?,22+,25+,26-/m1/s1. The quantitative estimate of drug-likeness (QED) is 0.385. The van der Waals surface area contributed by atoms with E-state index in [-0.39, 0.29) is 36.0 Å². The molecule has 2 aromatic carbocycles. The van der Waals surface area contributed by atoms with E-state index >= 15 is 0 Å². The summed E-state index contributed by atoms with van der Waals surface area (Å²) in [5.74, 6) is -0.588. The number of β-amino-alcohol motifs (C(OH)–C–C–N with tert-alkyl or cyclic N) is 1. The molecule has 180 valence electrons. The first-order valence-electron chi connectivity index (χ1n) is 12.1. The van der Waals surface area contributed by atoms with Gasteiger partial charge >= 0.3 is 5.97 Å². The van der Waals surface area contributed by atoms with E-state index in [9.17, 15) is 15.0 Å². The molecule has 1 saturated carbocycles. The predicted molar refractivity (Wildman–Crippen MR) is 135 cm³/mol. The first kappa shape index (κ1) is 23.5. The third-order valence-corrected chi connectivity index (χ3v) is 8.33. The van der Waals surface area contributed by atoms with Crippen LogP contribution in [0.3, 0.4) is 0 Å². The molecule has 0 amide bonds. The fourth-order valence-electron chi connectivity index (χ4n) is 5.68. The first-order valence-corrected chi connectivity index (χ1v) is 13.0. The molecule has 3 N–H and O–H groups in total. The van der Waals surface area contributed by atoms with Crippen molar-refractivity contribution in [2.24, 2.45) is 11.8 Å². The van der Waals surface area contributed by atoms with E-state index in [1.54, 1.807) is 11.3 Å². The molecule has 6 heteroatoms. The number of hydrogen-bond acceptors (Lipinski definition) is 5. The molecule has 0 bridgehead atoms. The summed E-state index contributed by atoms with van der Waals surface area (Å²) in [6, 6.07) is 14.9. The zero-order chi connectivity index (χ0) is 24.0. The highest BCUT2D eigenvalue weighted by Gasteiger charge is 2.60. The van der Waals surface area contributed by atoms with Crippen LogP contribution in [0.15, 0.2) is 47.8 Å². The van der Waals surface area contributed by atoms with Gasteiger partial charge in [-0.3, -0.25) is 4.79 Å². The lowest BCUT2D eigenvalue weighted by atomic mass is 9.94. The molecule has 3 aromatic rings. The van der Waals surface area contributed by atoms with Gasteiger partial charge in [0.15, 0.2) is 0 Å². The van der Waals surface area contributed by atoms with Crippen molar-refractivity contribution in [3.8, 4) is 0 Å². The number of carbonyl (C=O) groups is 1. The average Bonchev–Trinajstić information content (AvgIpc) is 3.12. The lowest BCUT2D eigenvalue weighted by Gasteiger charge is -2.28. The number of aliphatic hydroxyl groups excluding tert-OH is 1. The number of carboxylic acids is 1. The number of thiophene rings is 1. The van der Waals surface area contributed by atoms with Crippen molar-refractivity contribution >= 4 is 27.4 Å². The third kappa shape index (κ3) is 4.65. The normalized spacial score (nSPS) is 22.9. The molecule has 1 aromatic heterocycles. The Labute approximate surface area is 204 Å². The Bertz CT molecular complexity index is 1200. The molecule has 1 unspecified atom stereocenters. The second-order valence-electron chi connectivity index (χ2n) is 10.5. The second-order valence-corrected chi connectivity index (χ2v) is 11.5. The van der Waals surface area contributed by atoms with E-state index in [1.807, 2.05) is 19.1 Å². The number of rotatable bonds is 10.